The summed E-state index contributed by atoms with van der Waals surface area (Å²) in [5.41, 5.74) is 7.26. The number of rotatable bonds is 23. The van der Waals surface area contributed by atoms with Crippen molar-refractivity contribution in [1.29, 1.82) is 0 Å². The minimum Gasteiger partial charge on any atom is -0.496 e. The zero-order valence-corrected chi connectivity index (χ0v) is 46.6. The third-order valence-corrected chi connectivity index (χ3v) is 14.8. The topological polar surface area (TPSA) is 178 Å². The molecule has 19 heteroatoms. The van der Waals surface area contributed by atoms with Crippen LogP contribution in [-0.2, 0) is 16.9 Å². The molecule has 2 unspecified atom stereocenters. The Morgan fingerprint density at radius 1 is 0.878 bits per heavy atom. The van der Waals surface area contributed by atoms with Crippen molar-refractivity contribution in [2.24, 2.45) is 16.8 Å². The van der Waals surface area contributed by atoms with E-state index in [0.717, 1.165) is 115 Å². The molecule has 74 heavy (non-hydrogen) atoms. The molecular weight excluding hydrogens is 987 g/mol. The number of benzene rings is 1. The number of aliphatic hydroxyl groups is 2. The molecule has 0 amide bonds. The van der Waals surface area contributed by atoms with Gasteiger partial charge in [0.2, 0.25) is 11.9 Å². The SMILES string of the molecule is CC.CCC(CCc1cc(/C=C(\OC)c2c(Cl)nc(NCC(F)(F)F)nc2N[C@H]2CCC(CO)C2)cc(C)n1)N(C)C.CCCCCCNc1nc(C)c(C2=Nc3ccccc3CS2)c(N[C@H]2CC[C@@H](CO)C2)n1. The molecule has 4 aromatic rings. The van der Waals surface area contributed by atoms with Gasteiger partial charge in [0.15, 0.2) is 0 Å². The molecule has 5 atom stereocenters. The number of pyridine rings is 1. The fourth-order valence-electron chi connectivity index (χ4n) is 9.57. The number of ether oxygens (including phenoxy) is 1. The van der Waals surface area contributed by atoms with E-state index in [0.29, 0.717) is 41.7 Å². The highest BCUT2D eigenvalue weighted by molar-refractivity contribution is 8.13. The highest BCUT2D eigenvalue weighted by atomic mass is 35.5. The number of aliphatic hydroxyl groups excluding tert-OH is 2. The molecule has 0 spiro atoms. The summed E-state index contributed by atoms with van der Waals surface area (Å²) in [5.74, 6) is 3.37. The molecule has 408 valence electrons. The van der Waals surface area contributed by atoms with E-state index in [1.54, 1.807) is 11.8 Å². The van der Waals surface area contributed by atoms with E-state index >= 15 is 0 Å². The van der Waals surface area contributed by atoms with E-state index in [1.807, 2.05) is 45.0 Å². The number of thioether (sulfide) groups is 1. The molecule has 2 fully saturated rings. The predicted octanol–water partition coefficient (Wildman–Crippen LogP) is 12.5. The van der Waals surface area contributed by atoms with E-state index in [1.165, 1.54) is 31.9 Å². The number of methoxy groups -OCH3 is 1. The quantitative estimate of drug-likeness (QED) is 0.0235. The molecule has 2 aliphatic carbocycles. The van der Waals surface area contributed by atoms with Gasteiger partial charge in [0.05, 0.1) is 29.6 Å². The molecule has 1 aromatic carbocycles. The summed E-state index contributed by atoms with van der Waals surface area (Å²) in [6, 6.07) is 13.0. The second-order valence-electron chi connectivity index (χ2n) is 19.4. The van der Waals surface area contributed by atoms with Crippen LogP contribution in [0.2, 0.25) is 5.15 Å². The van der Waals surface area contributed by atoms with Gasteiger partial charge in [-0.05, 0) is 139 Å². The monoisotopic (exact) mass is 1070 g/mol. The molecule has 1 aliphatic heterocycles. The van der Waals surface area contributed by atoms with Crippen LogP contribution in [-0.4, -0.2) is 117 Å². The Bertz CT molecular complexity index is 2450. The summed E-state index contributed by atoms with van der Waals surface area (Å²) in [6.07, 6.45) is 10.4. The molecule has 6 N–H and O–H groups in total. The minimum absolute atomic E-state index is 0.0339. The van der Waals surface area contributed by atoms with E-state index in [2.05, 4.69) is 89.2 Å². The van der Waals surface area contributed by atoms with Gasteiger partial charge in [0, 0.05) is 55.0 Å². The molecular formula is C55H81ClF3N11O3S. The van der Waals surface area contributed by atoms with Gasteiger partial charge in [-0.15, -0.1) is 11.8 Å². The number of unbranched alkanes of at least 4 members (excludes halogenated alkanes) is 3. The van der Waals surface area contributed by atoms with Crippen LogP contribution >= 0.6 is 23.4 Å². The first-order valence-electron chi connectivity index (χ1n) is 26.5. The predicted molar refractivity (Wildman–Crippen MR) is 300 cm³/mol. The molecule has 0 saturated heterocycles. The number of aryl methyl sites for hydroxylation is 3. The number of fused-ring (bicyclic) bond motifs is 1. The lowest BCUT2D eigenvalue weighted by molar-refractivity contribution is -0.115. The third kappa shape index (κ3) is 18.2. The lowest BCUT2D eigenvalue weighted by Gasteiger charge is -2.22. The number of nitrogens with one attached hydrogen (secondary N) is 4. The zero-order valence-electron chi connectivity index (χ0n) is 45.0. The van der Waals surface area contributed by atoms with Gasteiger partial charge in [0.25, 0.3) is 0 Å². The van der Waals surface area contributed by atoms with Crippen LogP contribution in [0.1, 0.15) is 144 Å². The Balaban J connectivity index is 0.000000271. The normalized spacial score (nSPS) is 18.9. The number of alkyl halides is 3. The molecule has 3 aromatic heterocycles. The molecule has 2 saturated carbocycles. The van der Waals surface area contributed by atoms with Crippen LogP contribution in [0.15, 0.2) is 41.4 Å². The largest absolute Gasteiger partial charge is 0.496 e. The van der Waals surface area contributed by atoms with Crippen LogP contribution in [0.5, 0.6) is 0 Å². The summed E-state index contributed by atoms with van der Waals surface area (Å²) in [6.45, 7) is 12.3. The summed E-state index contributed by atoms with van der Waals surface area (Å²) < 4.78 is 44.3. The average molecular weight is 1070 g/mol. The Labute approximate surface area is 447 Å². The van der Waals surface area contributed by atoms with Gasteiger partial charge >= 0.3 is 6.18 Å². The molecule has 14 nitrogen and oxygen atoms in total. The Morgan fingerprint density at radius 2 is 1.54 bits per heavy atom. The maximum absolute atomic E-state index is 12.9. The number of hydrogen-bond donors (Lipinski definition) is 6. The minimum atomic E-state index is -4.44. The van der Waals surface area contributed by atoms with Crippen molar-refractivity contribution in [3.63, 3.8) is 0 Å². The van der Waals surface area contributed by atoms with Gasteiger partial charge in [-0.25, -0.2) is 15.0 Å². The van der Waals surface area contributed by atoms with Gasteiger partial charge in [0.1, 0.15) is 34.1 Å². The lowest BCUT2D eigenvalue weighted by atomic mass is 10.0. The summed E-state index contributed by atoms with van der Waals surface area (Å²) in [7, 11) is 5.65. The number of halogens is 4. The van der Waals surface area contributed by atoms with Crippen molar-refractivity contribution in [1.82, 2.24) is 29.8 Å². The summed E-state index contributed by atoms with van der Waals surface area (Å²) >= 11 is 8.32. The van der Waals surface area contributed by atoms with Gasteiger partial charge in [-0.2, -0.15) is 23.1 Å². The smallest absolute Gasteiger partial charge is 0.405 e. The van der Waals surface area contributed by atoms with Crippen molar-refractivity contribution in [3.05, 3.63) is 80.9 Å². The summed E-state index contributed by atoms with van der Waals surface area (Å²) in [4.78, 5) is 30.0. The van der Waals surface area contributed by atoms with Crippen molar-refractivity contribution >= 4 is 69.5 Å². The van der Waals surface area contributed by atoms with Crippen LogP contribution in [0.3, 0.4) is 0 Å². The van der Waals surface area contributed by atoms with E-state index < -0.39 is 12.7 Å². The van der Waals surface area contributed by atoms with Crippen LogP contribution in [0.25, 0.3) is 11.8 Å². The van der Waals surface area contributed by atoms with E-state index in [-0.39, 0.29) is 42.1 Å². The van der Waals surface area contributed by atoms with Crippen molar-refractivity contribution in [2.75, 3.05) is 68.8 Å². The number of nitrogens with zero attached hydrogens (tertiary/aromatic N) is 7. The van der Waals surface area contributed by atoms with Crippen molar-refractivity contribution in [3.8, 4) is 0 Å². The standard InChI is InChI=1S/C28H40ClF3N6O2.C25H35N5OS.C2H6/c1-6-22(38(3)4)10-9-20-13-19(11-17(2)34-20)14-23(40-5)24-25(29)36-27(33-16-28(30,31)32)37-26(24)35-21-8-7-18(12-21)15-39;1-3-4-5-8-13-26-25-27-17(2)22(23(30-25)28-20-12-11-18(14-20)15-31)24-29-21-10-7-6-9-19(21)16-32-24;1-2/h11,13-14,18,21-22,39H,6-10,12,15-16H2,1-5H3,(H2,33,35,36,37);6-7,9-10,18,20,31H,3-5,8,11-16H2,1-2H3,(H2,26,27,28,30);1-2H3/b23-14-;;/t18?,21-,22?;18-,20+;/m01./s1. The second kappa shape index (κ2) is 30.1. The first-order chi connectivity index (χ1) is 35.6. The van der Waals surface area contributed by atoms with Crippen LogP contribution in [0, 0.1) is 25.7 Å². The van der Waals surface area contributed by atoms with Gasteiger partial charge in [-0.3, -0.25) is 4.98 Å². The first-order valence-corrected chi connectivity index (χ1v) is 27.9. The maximum atomic E-state index is 12.9. The first kappa shape index (κ1) is 60.1. The zero-order chi connectivity index (χ0) is 53.8. The second-order valence-corrected chi connectivity index (χ2v) is 20.7. The van der Waals surface area contributed by atoms with Gasteiger partial charge in [-0.1, -0.05) is 76.8 Å². The molecule has 3 aliphatic rings. The Morgan fingerprint density at radius 3 is 2.16 bits per heavy atom. The number of para-hydroxylation sites is 1. The lowest BCUT2D eigenvalue weighted by Crippen LogP contribution is -2.27. The average Bonchev–Trinajstić information content (AvgIpc) is 4.04. The third-order valence-electron chi connectivity index (χ3n) is 13.5. The van der Waals surface area contributed by atoms with Gasteiger partial charge < -0.3 is 41.1 Å². The fraction of sp³-hybridized carbons (Fsp3) is 0.600. The maximum Gasteiger partial charge on any atom is 0.405 e. The van der Waals surface area contributed by atoms with Crippen molar-refractivity contribution < 1.29 is 28.1 Å². The molecule has 4 heterocycles. The Hall–Kier alpha value is -4.75. The van der Waals surface area contributed by atoms with E-state index in [9.17, 15) is 23.4 Å². The number of hydrogen-bond acceptors (Lipinski definition) is 15. The molecule has 0 bridgehead atoms. The number of aliphatic imine (C=N–C) groups is 1. The molecule has 0 radical (unpaired) electrons. The van der Waals surface area contributed by atoms with Crippen molar-refractivity contribution in [2.45, 2.75) is 155 Å². The fourth-order valence-corrected chi connectivity index (χ4v) is 10.9. The highest BCUT2D eigenvalue weighted by Crippen LogP contribution is 2.38. The van der Waals surface area contributed by atoms with Crippen LogP contribution < -0.4 is 21.3 Å². The Kier molecular flexibility index (Phi) is 24.5. The van der Waals surface area contributed by atoms with E-state index in [4.69, 9.17) is 36.3 Å². The highest BCUT2D eigenvalue weighted by Gasteiger charge is 2.31. The summed E-state index contributed by atoms with van der Waals surface area (Å²) in [5, 5.41) is 32.7. The molecule has 7 rings (SSSR count). The van der Waals surface area contributed by atoms with Crippen LogP contribution in [0.4, 0.5) is 42.4 Å². The number of anilines is 4. The number of aromatic nitrogens is 5.